The second kappa shape index (κ2) is 7.97. The lowest BCUT2D eigenvalue weighted by Crippen LogP contribution is -2.39. The lowest BCUT2D eigenvalue weighted by Gasteiger charge is -2.28. The smallest absolute Gasteiger partial charge is 0.402 e. The molecule has 0 bridgehead atoms. The molecule has 1 saturated carbocycles. The highest BCUT2D eigenvalue weighted by Crippen LogP contribution is 2.32. The molecule has 0 radical (unpaired) electrons. The van der Waals surface area contributed by atoms with Crippen LogP contribution in [0.25, 0.3) is 0 Å². The standard InChI is InChI=1S/C12H18F2O8S/c1-20-7-22-11(16)9-5-3-2-4-8(9)10(15)21-6-12(13,14)23(17,18)19/h8-9H,2-7H2,1H3,(H,17,18,19). The van der Waals surface area contributed by atoms with E-state index in [1.807, 2.05) is 0 Å². The lowest BCUT2D eigenvalue weighted by molar-refractivity contribution is -0.171. The largest absolute Gasteiger partial charge is 0.458 e. The second-order valence-corrected chi connectivity index (χ2v) is 6.63. The summed E-state index contributed by atoms with van der Waals surface area (Å²) in [6, 6.07) is 0. The number of hydrogen-bond acceptors (Lipinski definition) is 7. The third kappa shape index (κ3) is 5.36. The van der Waals surface area contributed by atoms with Crippen LogP contribution in [0.3, 0.4) is 0 Å². The SMILES string of the molecule is COCOC(=O)C1CCCCC1C(=O)OCC(F)(F)S(=O)(=O)O. The molecule has 0 heterocycles. The maximum atomic E-state index is 13.1. The number of carbonyl (C=O) groups is 2. The molecule has 0 aromatic rings. The molecule has 0 saturated heterocycles. The zero-order valence-electron chi connectivity index (χ0n) is 12.4. The Hall–Kier alpha value is -1.33. The summed E-state index contributed by atoms with van der Waals surface area (Å²) in [5, 5.41) is -4.61. The number of halogens is 2. The average molecular weight is 360 g/mol. The van der Waals surface area contributed by atoms with E-state index in [4.69, 9.17) is 9.29 Å². The van der Waals surface area contributed by atoms with Gasteiger partial charge >= 0.3 is 27.3 Å². The van der Waals surface area contributed by atoms with Crippen molar-refractivity contribution in [3.63, 3.8) is 0 Å². The highest BCUT2D eigenvalue weighted by Gasteiger charge is 2.47. The Morgan fingerprint density at radius 2 is 1.61 bits per heavy atom. The van der Waals surface area contributed by atoms with Gasteiger partial charge in [-0.05, 0) is 12.8 Å². The Kier molecular flexibility index (Phi) is 6.84. The summed E-state index contributed by atoms with van der Waals surface area (Å²) in [7, 11) is -4.39. The second-order valence-electron chi connectivity index (χ2n) is 5.09. The van der Waals surface area contributed by atoms with E-state index in [1.165, 1.54) is 7.11 Å². The molecule has 11 heteroatoms. The van der Waals surface area contributed by atoms with Gasteiger partial charge in [0.25, 0.3) is 0 Å². The topological polar surface area (TPSA) is 116 Å². The van der Waals surface area contributed by atoms with Gasteiger partial charge in [-0.25, -0.2) is 0 Å². The van der Waals surface area contributed by atoms with Crippen molar-refractivity contribution in [1.82, 2.24) is 0 Å². The Morgan fingerprint density at radius 3 is 2.04 bits per heavy atom. The Labute approximate surface area is 131 Å². The van der Waals surface area contributed by atoms with Gasteiger partial charge in [0.05, 0.1) is 11.8 Å². The number of esters is 2. The third-order valence-corrected chi connectivity index (χ3v) is 4.32. The van der Waals surface area contributed by atoms with Gasteiger partial charge in [-0.1, -0.05) is 12.8 Å². The van der Waals surface area contributed by atoms with E-state index >= 15 is 0 Å². The minimum absolute atomic E-state index is 0.225. The number of alkyl halides is 2. The van der Waals surface area contributed by atoms with E-state index in [0.717, 1.165) is 0 Å². The molecular weight excluding hydrogens is 342 g/mol. The van der Waals surface area contributed by atoms with E-state index in [2.05, 4.69) is 9.47 Å². The zero-order chi connectivity index (χ0) is 17.7. The molecule has 0 aromatic heterocycles. The number of carbonyl (C=O) groups excluding carboxylic acids is 2. The molecule has 0 aromatic carbocycles. The molecule has 1 aliphatic carbocycles. The normalized spacial score (nSPS) is 22.4. The van der Waals surface area contributed by atoms with Crippen LogP contribution in [0.2, 0.25) is 0 Å². The molecule has 2 unspecified atom stereocenters. The van der Waals surface area contributed by atoms with Crippen molar-refractivity contribution in [2.45, 2.75) is 30.9 Å². The van der Waals surface area contributed by atoms with Crippen molar-refractivity contribution >= 4 is 22.1 Å². The van der Waals surface area contributed by atoms with Crippen molar-refractivity contribution in [3.8, 4) is 0 Å². The van der Waals surface area contributed by atoms with Gasteiger partial charge in [-0.15, -0.1) is 0 Å². The zero-order valence-corrected chi connectivity index (χ0v) is 13.2. The van der Waals surface area contributed by atoms with Crippen LogP contribution < -0.4 is 0 Å². The predicted octanol–water partition coefficient (Wildman–Crippen LogP) is 0.964. The van der Waals surface area contributed by atoms with E-state index in [-0.39, 0.29) is 13.2 Å². The molecule has 1 rings (SSSR count). The molecule has 134 valence electrons. The van der Waals surface area contributed by atoms with Gasteiger partial charge in [-0.3, -0.25) is 14.1 Å². The Morgan fingerprint density at radius 1 is 1.13 bits per heavy atom. The van der Waals surface area contributed by atoms with Crippen molar-refractivity contribution in [3.05, 3.63) is 0 Å². The van der Waals surface area contributed by atoms with Crippen LogP contribution in [0.1, 0.15) is 25.7 Å². The molecule has 1 N–H and O–H groups in total. The average Bonchev–Trinajstić information content (AvgIpc) is 2.49. The van der Waals surface area contributed by atoms with Gasteiger partial charge < -0.3 is 14.2 Å². The number of rotatable bonds is 7. The first-order chi connectivity index (χ1) is 10.6. The van der Waals surface area contributed by atoms with Crippen LogP contribution in [0.5, 0.6) is 0 Å². The van der Waals surface area contributed by atoms with Gasteiger partial charge in [0.15, 0.2) is 13.4 Å². The van der Waals surface area contributed by atoms with Gasteiger partial charge in [0, 0.05) is 7.11 Å². The highest BCUT2D eigenvalue weighted by molar-refractivity contribution is 7.86. The summed E-state index contributed by atoms with van der Waals surface area (Å²) in [6.07, 6.45) is 1.78. The first-order valence-electron chi connectivity index (χ1n) is 6.77. The van der Waals surface area contributed by atoms with Gasteiger partial charge in [0.1, 0.15) is 0 Å². The molecule has 1 aliphatic rings. The highest BCUT2D eigenvalue weighted by atomic mass is 32.2. The minimum Gasteiger partial charge on any atom is -0.458 e. The van der Waals surface area contributed by atoms with E-state index in [9.17, 15) is 26.8 Å². The number of methoxy groups -OCH3 is 1. The van der Waals surface area contributed by atoms with Gasteiger partial charge in [-0.2, -0.15) is 17.2 Å². The van der Waals surface area contributed by atoms with Crippen LogP contribution in [-0.4, -0.2) is 50.7 Å². The summed E-state index contributed by atoms with van der Waals surface area (Å²) < 4.78 is 69.0. The Balaban J connectivity index is 2.70. The third-order valence-electron chi connectivity index (χ3n) is 3.45. The van der Waals surface area contributed by atoms with E-state index in [0.29, 0.717) is 19.3 Å². The molecule has 2 atom stereocenters. The fraction of sp³-hybridized carbons (Fsp3) is 0.833. The summed E-state index contributed by atoms with van der Waals surface area (Å²) in [5.41, 5.74) is 0. The van der Waals surface area contributed by atoms with Crippen LogP contribution in [-0.2, 0) is 33.9 Å². The number of ether oxygens (including phenoxy) is 3. The van der Waals surface area contributed by atoms with E-state index < -0.39 is 45.8 Å². The summed E-state index contributed by atoms with van der Waals surface area (Å²) >= 11 is 0. The molecule has 8 nitrogen and oxygen atoms in total. The number of hydrogen-bond donors (Lipinski definition) is 1. The first kappa shape index (κ1) is 19.7. The summed E-state index contributed by atoms with van der Waals surface area (Å²) in [5.74, 6) is -3.72. The maximum absolute atomic E-state index is 13.1. The molecular formula is C12H18F2O8S. The quantitative estimate of drug-likeness (QED) is 0.405. The van der Waals surface area contributed by atoms with Crippen LogP contribution >= 0.6 is 0 Å². The van der Waals surface area contributed by atoms with Crippen LogP contribution in [0.4, 0.5) is 8.78 Å². The summed E-state index contributed by atoms with van der Waals surface area (Å²) in [4.78, 5) is 23.7. The van der Waals surface area contributed by atoms with E-state index in [1.54, 1.807) is 0 Å². The fourth-order valence-electron chi connectivity index (χ4n) is 2.26. The van der Waals surface area contributed by atoms with Gasteiger partial charge in [0.2, 0.25) is 0 Å². The Bertz CT molecular complexity index is 533. The maximum Gasteiger partial charge on any atom is 0.402 e. The first-order valence-corrected chi connectivity index (χ1v) is 8.21. The molecule has 0 aliphatic heterocycles. The lowest BCUT2D eigenvalue weighted by atomic mass is 9.79. The van der Waals surface area contributed by atoms with Crippen molar-refractivity contribution in [2.75, 3.05) is 20.5 Å². The minimum atomic E-state index is -5.69. The van der Waals surface area contributed by atoms with Crippen molar-refractivity contribution < 1.29 is 45.6 Å². The molecule has 1 fully saturated rings. The fourth-order valence-corrected chi connectivity index (χ4v) is 2.46. The van der Waals surface area contributed by atoms with Crippen molar-refractivity contribution in [1.29, 1.82) is 0 Å². The summed E-state index contributed by atoms with van der Waals surface area (Å²) in [6.45, 7) is -2.13. The van der Waals surface area contributed by atoms with Crippen LogP contribution in [0.15, 0.2) is 0 Å². The molecule has 0 amide bonds. The monoisotopic (exact) mass is 360 g/mol. The van der Waals surface area contributed by atoms with Crippen molar-refractivity contribution in [2.24, 2.45) is 11.8 Å². The predicted molar refractivity (Wildman–Crippen MR) is 70.9 cm³/mol. The molecule has 23 heavy (non-hydrogen) atoms. The van der Waals surface area contributed by atoms with Crippen LogP contribution in [0, 0.1) is 11.8 Å². The molecule has 0 spiro atoms.